The van der Waals surface area contributed by atoms with Crippen molar-refractivity contribution < 1.29 is 44.9 Å². The maximum absolute atomic E-state index is 12.9. The van der Waals surface area contributed by atoms with Crippen molar-refractivity contribution in [3.05, 3.63) is 51.7 Å². The van der Waals surface area contributed by atoms with E-state index in [9.17, 15) is 40.5 Å². The molecule has 170 valence electrons. The predicted octanol–water partition coefficient (Wildman–Crippen LogP) is 0.400. The van der Waals surface area contributed by atoms with Gasteiger partial charge in [-0.15, -0.1) is 0 Å². The highest BCUT2D eigenvalue weighted by atomic mass is 16.5. The van der Waals surface area contributed by atoms with Gasteiger partial charge in [-0.3, -0.25) is 4.79 Å². The molecular weight excluding hydrogens is 424 g/mol. The largest absolute Gasteiger partial charge is 0.508 e. The van der Waals surface area contributed by atoms with E-state index in [4.69, 9.17) is 9.15 Å². The molecule has 0 aliphatic carbocycles. The molecule has 4 rings (SSSR count). The zero-order chi connectivity index (χ0) is 23.3. The van der Waals surface area contributed by atoms with Gasteiger partial charge in [0, 0.05) is 17.7 Å². The number of rotatable bonds is 3. The Morgan fingerprint density at radius 2 is 1.66 bits per heavy atom. The summed E-state index contributed by atoms with van der Waals surface area (Å²) in [6.07, 6.45) is -7.89. The molecule has 2 heterocycles. The molecule has 0 bridgehead atoms. The van der Waals surface area contributed by atoms with Crippen LogP contribution in [-0.4, -0.2) is 66.8 Å². The molecule has 10 nitrogen and oxygen atoms in total. The second-order valence-electron chi connectivity index (χ2n) is 7.76. The Bertz CT molecular complexity index is 1230. The lowest BCUT2D eigenvalue weighted by atomic mass is 9.89. The first-order valence-electron chi connectivity index (χ1n) is 9.77. The van der Waals surface area contributed by atoms with E-state index in [0.29, 0.717) is 11.1 Å². The van der Waals surface area contributed by atoms with Gasteiger partial charge in [-0.1, -0.05) is 0 Å². The van der Waals surface area contributed by atoms with Gasteiger partial charge in [-0.05, 0) is 30.7 Å². The monoisotopic (exact) mass is 446 g/mol. The Balaban J connectivity index is 1.99. The maximum Gasteiger partial charge on any atom is 0.197 e. The topological polar surface area (TPSA) is 181 Å². The molecule has 0 spiro atoms. The number of aliphatic hydroxyl groups excluding tert-OH is 4. The molecule has 2 aromatic carbocycles. The first-order chi connectivity index (χ1) is 15.1. The number of aromatic hydroxyl groups is 3. The fraction of sp³-hybridized carbons (Fsp3) is 0.318. The summed E-state index contributed by atoms with van der Waals surface area (Å²) in [5.41, 5.74) is -0.181. The maximum atomic E-state index is 12.9. The zero-order valence-corrected chi connectivity index (χ0v) is 16.8. The number of phenolic OH excluding ortho intramolecular Hbond substituents is 3. The van der Waals surface area contributed by atoms with Crippen molar-refractivity contribution in [2.45, 2.75) is 37.4 Å². The molecule has 7 N–H and O–H groups in total. The van der Waals surface area contributed by atoms with Gasteiger partial charge in [0.1, 0.15) is 58.9 Å². The third-order valence-electron chi connectivity index (χ3n) is 5.65. The normalized spacial score (nSPS) is 25.8. The number of benzene rings is 2. The van der Waals surface area contributed by atoms with E-state index < -0.39 is 54.1 Å². The van der Waals surface area contributed by atoms with Crippen LogP contribution in [0.2, 0.25) is 0 Å². The van der Waals surface area contributed by atoms with E-state index in [0.717, 1.165) is 12.1 Å². The van der Waals surface area contributed by atoms with Crippen LogP contribution in [0, 0.1) is 6.92 Å². The standard InChI is InChI=1S/C22H22O10/c1-8-4-9(24)2-3-10(8)14-6-13(27)16-11(25)5-12(26)17(21(16)31-14)22-20(30)19(29)18(28)15(7-23)32-22/h2-6,15,18-20,22-26,28-30H,7H2,1H3/t15-,18-,19+,20-,22+/m0/s1. The number of hydrogen-bond acceptors (Lipinski definition) is 10. The molecule has 32 heavy (non-hydrogen) atoms. The summed E-state index contributed by atoms with van der Waals surface area (Å²) in [6.45, 7) is 0.984. The van der Waals surface area contributed by atoms with E-state index >= 15 is 0 Å². The highest BCUT2D eigenvalue weighted by Crippen LogP contribution is 2.43. The van der Waals surface area contributed by atoms with E-state index in [1.54, 1.807) is 6.92 Å². The minimum absolute atomic E-state index is 0.00619. The minimum Gasteiger partial charge on any atom is -0.508 e. The number of ether oxygens (including phenoxy) is 1. The van der Waals surface area contributed by atoms with Crippen molar-refractivity contribution in [2.24, 2.45) is 0 Å². The molecule has 1 saturated heterocycles. The summed E-state index contributed by atoms with van der Waals surface area (Å²) in [5.74, 6) is -1.11. The molecule has 5 atom stereocenters. The molecule has 0 unspecified atom stereocenters. The zero-order valence-electron chi connectivity index (χ0n) is 16.8. The first kappa shape index (κ1) is 22.1. The molecule has 0 saturated carbocycles. The van der Waals surface area contributed by atoms with Crippen molar-refractivity contribution >= 4 is 11.0 Å². The molecule has 3 aromatic rings. The molecule has 1 fully saturated rings. The lowest BCUT2D eigenvalue weighted by molar-refractivity contribution is -0.231. The van der Waals surface area contributed by atoms with Crippen molar-refractivity contribution in [1.82, 2.24) is 0 Å². The predicted molar refractivity (Wildman–Crippen MR) is 110 cm³/mol. The Morgan fingerprint density at radius 3 is 2.31 bits per heavy atom. The summed E-state index contributed by atoms with van der Waals surface area (Å²) in [7, 11) is 0. The van der Waals surface area contributed by atoms with Crippen LogP contribution in [0.1, 0.15) is 17.2 Å². The summed E-state index contributed by atoms with van der Waals surface area (Å²) in [4.78, 5) is 12.9. The van der Waals surface area contributed by atoms with Crippen LogP contribution in [0.3, 0.4) is 0 Å². The van der Waals surface area contributed by atoms with E-state index in [2.05, 4.69) is 0 Å². The van der Waals surface area contributed by atoms with Gasteiger partial charge in [0.05, 0.1) is 12.2 Å². The van der Waals surface area contributed by atoms with Crippen molar-refractivity contribution in [3.63, 3.8) is 0 Å². The Morgan fingerprint density at radius 1 is 0.938 bits per heavy atom. The summed E-state index contributed by atoms with van der Waals surface area (Å²) in [5, 5.41) is 70.4. The third kappa shape index (κ3) is 3.48. The SMILES string of the molecule is Cc1cc(O)ccc1-c1cc(=O)c2c(O)cc(O)c([C@H]3O[C@@H](CO)[C@H](O)[C@@H](O)[C@@H]3O)c2o1. The lowest BCUT2D eigenvalue weighted by Crippen LogP contribution is -2.55. The number of aliphatic hydroxyl groups is 4. The summed E-state index contributed by atoms with van der Waals surface area (Å²) >= 11 is 0. The van der Waals surface area contributed by atoms with Gasteiger partial charge in [0.15, 0.2) is 11.0 Å². The molecule has 10 heteroatoms. The van der Waals surface area contributed by atoms with E-state index in [-0.39, 0.29) is 28.0 Å². The van der Waals surface area contributed by atoms with Crippen LogP contribution in [0.4, 0.5) is 0 Å². The number of fused-ring (bicyclic) bond motifs is 1. The van der Waals surface area contributed by atoms with E-state index in [1.807, 2.05) is 0 Å². The fourth-order valence-electron chi connectivity index (χ4n) is 3.99. The number of aryl methyl sites for hydroxylation is 1. The van der Waals surface area contributed by atoms with Gasteiger partial charge in [-0.25, -0.2) is 0 Å². The van der Waals surface area contributed by atoms with Gasteiger partial charge < -0.3 is 44.9 Å². The lowest BCUT2D eigenvalue weighted by Gasteiger charge is -2.40. The summed E-state index contributed by atoms with van der Waals surface area (Å²) in [6, 6.07) is 6.38. The third-order valence-corrected chi connectivity index (χ3v) is 5.65. The van der Waals surface area contributed by atoms with Gasteiger partial charge in [-0.2, -0.15) is 0 Å². The molecule has 0 amide bonds. The Kier molecular flexibility index (Phi) is 5.57. The van der Waals surface area contributed by atoms with Crippen molar-refractivity contribution in [2.75, 3.05) is 6.61 Å². The highest BCUT2D eigenvalue weighted by molar-refractivity contribution is 5.89. The number of hydrogen-bond donors (Lipinski definition) is 7. The summed E-state index contributed by atoms with van der Waals surface area (Å²) < 4.78 is 11.4. The van der Waals surface area contributed by atoms with Crippen LogP contribution in [0.25, 0.3) is 22.3 Å². The van der Waals surface area contributed by atoms with Gasteiger partial charge in [0.2, 0.25) is 0 Å². The van der Waals surface area contributed by atoms with Gasteiger partial charge >= 0.3 is 0 Å². The smallest absolute Gasteiger partial charge is 0.197 e. The fourth-order valence-corrected chi connectivity index (χ4v) is 3.99. The Hall–Kier alpha value is -3.15. The van der Waals surface area contributed by atoms with Crippen molar-refractivity contribution in [3.8, 4) is 28.6 Å². The molecule has 0 radical (unpaired) electrons. The number of phenols is 3. The molecular formula is C22H22O10. The first-order valence-corrected chi connectivity index (χ1v) is 9.77. The average molecular weight is 446 g/mol. The van der Waals surface area contributed by atoms with Crippen LogP contribution >= 0.6 is 0 Å². The average Bonchev–Trinajstić information content (AvgIpc) is 2.73. The molecule has 1 aliphatic rings. The van der Waals surface area contributed by atoms with Crippen molar-refractivity contribution in [1.29, 1.82) is 0 Å². The molecule has 1 aromatic heterocycles. The van der Waals surface area contributed by atoms with Crippen LogP contribution < -0.4 is 5.43 Å². The van der Waals surface area contributed by atoms with Crippen LogP contribution in [-0.2, 0) is 4.74 Å². The van der Waals surface area contributed by atoms with E-state index in [1.165, 1.54) is 18.2 Å². The quantitative estimate of drug-likeness (QED) is 0.297. The second-order valence-corrected chi connectivity index (χ2v) is 7.76. The van der Waals surface area contributed by atoms with Gasteiger partial charge in [0.25, 0.3) is 0 Å². The minimum atomic E-state index is -1.75. The highest BCUT2D eigenvalue weighted by Gasteiger charge is 2.46. The van der Waals surface area contributed by atoms with Crippen LogP contribution in [0.5, 0.6) is 17.2 Å². The molecule has 1 aliphatic heterocycles. The second kappa shape index (κ2) is 8.08. The van der Waals surface area contributed by atoms with Crippen LogP contribution in [0.15, 0.2) is 39.5 Å². The Labute approximate surface area is 180 Å².